The van der Waals surface area contributed by atoms with Gasteiger partial charge in [-0.2, -0.15) is 0 Å². The van der Waals surface area contributed by atoms with Crippen LogP contribution < -0.4 is 5.32 Å². The Morgan fingerprint density at radius 1 is 0.944 bits per heavy atom. The molecule has 0 fully saturated rings. The predicted octanol–water partition coefficient (Wildman–Crippen LogP) is 4.19. The van der Waals surface area contributed by atoms with Gasteiger partial charge in [0, 0.05) is 36.1 Å². The van der Waals surface area contributed by atoms with Crippen LogP contribution in [-0.2, 0) is 17.6 Å². The average Bonchev–Trinajstić information content (AvgIpc) is 3.28. The largest absolute Gasteiger partial charge is 0.394 e. The Morgan fingerprint density at radius 3 is 2.31 bits per heavy atom. The van der Waals surface area contributed by atoms with Gasteiger partial charge in [0.25, 0.3) is 5.91 Å². The van der Waals surface area contributed by atoms with Crippen LogP contribution in [0.2, 0.25) is 0 Å². The second kappa shape index (κ2) is 11.2. The molecule has 1 heterocycles. The molecule has 0 bridgehead atoms. The number of aliphatic hydroxyl groups excluding tert-OH is 1. The van der Waals surface area contributed by atoms with Crippen molar-refractivity contribution in [2.75, 3.05) is 13.7 Å². The van der Waals surface area contributed by atoms with Crippen molar-refractivity contribution in [2.24, 2.45) is 0 Å². The highest BCUT2D eigenvalue weighted by molar-refractivity contribution is 5.98. The van der Waals surface area contributed by atoms with Crippen molar-refractivity contribution in [2.45, 2.75) is 38.8 Å². The molecule has 0 unspecified atom stereocenters. The summed E-state index contributed by atoms with van der Waals surface area (Å²) < 4.78 is 0. The summed E-state index contributed by atoms with van der Waals surface area (Å²) in [5.41, 5.74) is 5.53. The quantitative estimate of drug-likeness (QED) is 0.334. The SMILES string of the molecule is Cc1cc(C)cc(C(=O)N(C)[C@@H](Cc2ccccc2)C(=O)N[C@H](CO)Cc2c[nH]c3ccccc23)c1. The zero-order valence-corrected chi connectivity index (χ0v) is 21.0. The average molecular weight is 484 g/mol. The Bertz CT molecular complexity index is 1330. The maximum Gasteiger partial charge on any atom is 0.254 e. The summed E-state index contributed by atoms with van der Waals surface area (Å²) in [7, 11) is 1.67. The van der Waals surface area contributed by atoms with Crippen LogP contribution in [0.4, 0.5) is 0 Å². The van der Waals surface area contributed by atoms with Crippen molar-refractivity contribution in [1.29, 1.82) is 0 Å². The van der Waals surface area contributed by atoms with Gasteiger partial charge in [-0.15, -0.1) is 0 Å². The smallest absolute Gasteiger partial charge is 0.254 e. The fourth-order valence-electron chi connectivity index (χ4n) is 4.71. The summed E-state index contributed by atoms with van der Waals surface area (Å²) in [6.45, 7) is 3.70. The number of H-pyrrole nitrogens is 1. The molecule has 3 N–H and O–H groups in total. The van der Waals surface area contributed by atoms with Crippen LogP contribution in [0.5, 0.6) is 0 Å². The van der Waals surface area contributed by atoms with Gasteiger partial charge < -0.3 is 20.3 Å². The van der Waals surface area contributed by atoms with Crippen molar-refractivity contribution in [1.82, 2.24) is 15.2 Å². The van der Waals surface area contributed by atoms with Gasteiger partial charge in [0.05, 0.1) is 12.6 Å². The number of fused-ring (bicyclic) bond motifs is 1. The molecule has 0 spiro atoms. The monoisotopic (exact) mass is 483 g/mol. The molecule has 6 heteroatoms. The molecule has 4 rings (SSSR count). The molecule has 3 aromatic carbocycles. The summed E-state index contributed by atoms with van der Waals surface area (Å²) in [6, 6.07) is 22.1. The summed E-state index contributed by atoms with van der Waals surface area (Å²) in [5.74, 6) is -0.506. The maximum atomic E-state index is 13.6. The van der Waals surface area contributed by atoms with Gasteiger partial charge in [-0.3, -0.25) is 9.59 Å². The van der Waals surface area contributed by atoms with Gasteiger partial charge in [-0.1, -0.05) is 65.7 Å². The van der Waals surface area contributed by atoms with Crippen LogP contribution >= 0.6 is 0 Å². The third kappa shape index (κ3) is 5.83. The first-order valence-corrected chi connectivity index (χ1v) is 12.2. The van der Waals surface area contributed by atoms with Gasteiger partial charge in [0.2, 0.25) is 5.91 Å². The van der Waals surface area contributed by atoms with E-state index in [0.29, 0.717) is 18.4 Å². The molecular formula is C30H33N3O3. The second-order valence-electron chi connectivity index (χ2n) is 9.45. The standard InChI is InChI=1S/C30H33N3O3/c1-20-13-21(2)15-23(14-20)30(36)33(3)28(16-22-9-5-4-6-10-22)29(35)32-25(19-34)17-24-18-31-27-12-8-7-11-26(24)27/h4-15,18,25,28,31,34H,16-17,19H2,1-3H3,(H,32,35)/t25-,28-/m0/s1. The minimum atomic E-state index is -0.738. The van der Waals surface area contributed by atoms with E-state index in [-0.39, 0.29) is 18.4 Å². The Morgan fingerprint density at radius 2 is 1.61 bits per heavy atom. The highest BCUT2D eigenvalue weighted by atomic mass is 16.3. The number of para-hydroxylation sites is 1. The third-order valence-corrected chi connectivity index (χ3v) is 6.54. The number of rotatable bonds is 9. The van der Waals surface area contributed by atoms with Crippen molar-refractivity contribution in [3.8, 4) is 0 Å². The molecule has 0 aliphatic carbocycles. The van der Waals surface area contributed by atoms with Gasteiger partial charge in [0.15, 0.2) is 0 Å². The summed E-state index contributed by atoms with van der Waals surface area (Å²) in [4.78, 5) is 31.8. The Balaban J connectivity index is 1.56. The van der Waals surface area contributed by atoms with Gasteiger partial charge in [-0.25, -0.2) is 0 Å². The molecule has 0 aliphatic rings. The summed E-state index contributed by atoms with van der Waals surface area (Å²) in [5, 5.41) is 14.2. The fourth-order valence-corrected chi connectivity index (χ4v) is 4.71. The van der Waals surface area contributed by atoms with Crippen molar-refractivity contribution in [3.63, 3.8) is 0 Å². The zero-order chi connectivity index (χ0) is 25.7. The molecule has 0 saturated carbocycles. The van der Waals surface area contributed by atoms with Crippen molar-refractivity contribution >= 4 is 22.7 Å². The number of nitrogens with zero attached hydrogens (tertiary/aromatic N) is 1. The van der Waals surface area contributed by atoms with Gasteiger partial charge in [-0.05, 0) is 49.6 Å². The lowest BCUT2D eigenvalue weighted by atomic mass is 10.0. The molecular weight excluding hydrogens is 450 g/mol. The van der Waals surface area contributed by atoms with E-state index >= 15 is 0 Å². The van der Waals surface area contributed by atoms with E-state index in [1.165, 1.54) is 4.90 Å². The first-order chi connectivity index (χ1) is 17.4. The molecule has 2 atom stereocenters. The van der Waals surface area contributed by atoms with E-state index in [9.17, 15) is 14.7 Å². The van der Waals surface area contributed by atoms with E-state index in [1.807, 2.05) is 92.8 Å². The number of nitrogens with one attached hydrogen (secondary N) is 2. The Labute approximate surface area is 212 Å². The van der Waals surface area contributed by atoms with E-state index < -0.39 is 12.1 Å². The van der Waals surface area contributed by atoms with E-state index in [4.69, 9.17) is 0 Å². The number of carbonyl (C=O) groups excluding carboxylic acids is 2. The molecule has 0 saturated heterocycles. The van der Waals surface area contributed by atoms with Crippen molar-refractivity contribution in [3.05, 3.63) is 107 Å². The van der Waals surface area contributed by atoms with Crippen LogP contribution in [-0.4, -0.2) is 52.5 Å². The van der Waals surface area contributed by atoms with Crippen molar-refractivity contribution < 1.29 is 14.7 Å². The lowest BCUT2D eigenvalue weighted by molar-refractivity contribution is -0.126. The van der Waals surface area contributed by atoms with E-state index in [1.54, 1.807) is 7.05 Å². The number of aromatic nitrogens is 1. The number of carbonyl (C=O) groups is 2. The fraction of sp³-hybridized carbons (Fsp3) is 0.267. The maximum absolute atomic E-state index is 13.6. The Kier molecular flexibility index (Phi) is 7.86. The molecule has 6 nitrogen and oxygen atoms in total. The van der Waals surface area contributed by atoms with Crippen LogP contribution in [0.25, 0.3) is 10.9 Å². The third-order valence-electron chi connectivity index (χ3n) is 6.54. The first-order valence-electron chi connectivity index (χ1n) is 12.2. The number of amides is 2. The molecule has 36 heavy (non-hydrogen) atoms. The molecule has 0 radical (unpaired) electrons. The van der Waals surface area contributed by atoms with E-state index in [0.717, 1.165) is 33.2 Å². The number of hydrogen-bond acceptors (Lipinski definition) is 3. The Hall–Kier alpha value is -3.90. The van der Waals surface area contributed by atoms with Crippen LogP contribution in [0.1, 0.15) is 32.6 Å². The summed E-state index contributed by atoms with van der Waals surface area (Å²) >= 11 is 0. The molecule has 2 amide bonds. The number of aryl methyl sites for hydroxylation is 2. The molecule has 4 aromatic rings. The first kappa shape index (κ1) is 25.2. The molecule has 0 aliphatic heterocycles. The van der Waals surface area contributed by atoms with E-state index in [2.05, 4.69) is 10.3 Å². The lowest BCUT2D eigenvalue weighted by Crippen LogP contribution is -2.52. The highest BCUT2D eigenvalue weighted by Gasteiger charge is 2.29. The number of aromatic amines is 1. The van der Waals surface area contributed by atoms with Crippen LogP contribution in [0, 0.1) is 13.8 Å². The number of hydrogen-bond donors (Lipinski definition) is 3. The van der Waals surface area contributed by atoms with Gasteiger partial charge in [0.1, 0.15) is 6.04 Å². The van der Waals surface area contributed by atoms with Gasteiger partial charge >= 0.3 is 0 Å². The highest BCUT2D eigenvalue weighted by Crippen LogP contribution is 2.20. The predicted molar refractivity (Wildman–Crippen MR) is 143 cm³/mol. The molecule has 186 valence electrons. The normalized spacial score (nSPS) is 12.8. The topological polar surface area (TPSA) is 85.4 Å². The van der Waals surface area contributed by atoms with Crippen LogP contribution in [0.15, 0.2) is 79.0 Å². The molecule has 1 aromatic heterocycles. The zero-order valence-electron chi connectivity index (χ0n) is 21.0. The number of aliphatic hydroxyl groups is 1. The second-order valence-corrected chi connectivity index (χ2v) is 9.45. The minimum absolute atomic E-state index is 0.210. The minimum Gasteiger partial charge on any atom is -0.394 e. The lowest BCUT2D eigenvalue weighted by Gasteiger charge is -2.29. The van der Waals surface area contributed by atoms with Crippen LogP contribution in [0.3, 0.4) is 0 Å². The summed E-state index contributed by atoms with van der Waals surface area (Å²) in [6.07, 6.45) is 2.75. The number of benzene rings is 3. The number of likely N-dealkylation sites (N-methyl/N-ethyl adjacent to an activating group) is 1.